The molecule has 0 aliphatic heterocycles. The van der Waals surface area contributed by atoms with Crippen molar-refractivity contribution in [1.29, 1.82) is 0 Å². The van der Waals surface area contributed by atoms with Gasteiger partial charge in [0.1, 0.15) is 11.2 Å². The largest absolute Gasteiger partial charge is 0.326 e. The minimum Gasteiger partial charge on any atom is -0.326 e. The van der Waals surface area contributed by atoms with Gasteiger partial charge in [-0.2, -0.15) is 0 Å². The molecule has 0 spiro atoms. The van der Waals surface area contributed by atoms with Crippen LogP contribution in [0, 0.1) is 0 Å². The Morgan fingerprint density at radius 2 is 1.93 bits per heavy atom. The molecule has 3 heterocycles. The first-order chi connectivity index (χ1) is 14.1. The molecule has 0 radical (unpaired) electrons. The molecule has 0 aliphatic rings. The third-order valence-corrected chi connectivity index (χ3v) is 4.75. The van der Waals surface area contributed by atoms with Crippen LogP contribution in [0.2, 0.25) is 0 Å². The Labute approximate surface area is 165 Å². The highest BCUT2D eigenvalue weighted by Crippen LogP contribution is 2.25. The summed E-state index contributed by atoms with van der Waals surface area (Å²) < 4.78 is 3.72. The second kappa shape index (κ2) is 6.52. The average Bonchev–Trinajstić information content (AvgIpc) is 3.34. The molecular weight excluding hydrogens is 366 g/mol. The summed E-state index contributed by atoms with van der Waals surface area (Å²) in [6.07, 6.45) is 3.65. The first-order valence-corrected chi connectivity index (χ1v) is 9.10. The number of aromatic nitrogens is 6. The average molecular weight is 383 g/mol. The zero-order chi connectivity index (χ0) is 20.0. The van der Waals surface area contributed by atoms with E-state index in [0.717, 1.165) is 44.8 Å². The van der Waals surface area contributed by atoms with Crippen molar-refractivity contribution in [2.45, 2.75) is 6.92 Å². The summed E-state index contributed by atoms with van der Waals surface area (Å²) in [7, 11) is 1.87. The molecule has 2 aromatic carbocycles. The van der Waals surface area contributed by atoms with Crippen LogP contribution in [0.4, 0.5) is 5.69 Å². The highest BCUT2D eigenvalue weighted by atomic mass is 16.1. The summed E-state index contributed by atoms with van der Waals surface area (Å²) in [6, 6.07) is 15.5. The van der Waals surface area contributed by atoms with E-state index in [4.69, 9.17) is 4.98 Å². The second-order valence-corrected chi connectivity index (χ2v) is 6.79. The Morgan fingerprint density at radius 3 is 2.79 bits per heavy atom. The van der Waals surface area contributed by atoms with Gasteiger partial charge >= 0.3 is 0 Å². The van der Waals surface area contributed by atoms with Crippen LogP contribution in [-0.2, 0) is 11.8 Å². The third-order valence-electron chi connectivity index (χ3n) is 4.75. The Kier molecular flexibility index (Phi) is 3.83. The van der Waals surface area contributed by atoms with E-state index in [2.05, 4.69) is 20.6 Å². The first-order valence-electron chi connectivity index (χ1n) is 9.10. The molecule has 0 atom stereocenters. The predicted octanol–water partition coefficient (Wildman–Crippen LogP) is 3.33. The van der Waals surface area contributed by atoms with Crippen LogP contribution in [0.1, 0.15) is 6.92 Å². The van der Waals surface area contributed by atoms with Crippen molar-refractivity contribution in [3.05, 3.63) is 60.9 Å². The van der Waals surface area contributed by atoms with Crippen molar-refractivity contribution in [2.24, 2.45) is 7.05 Å². The van der Waals surface area contributed by atoms with Crippen molar-refractivity contribution < 1.29 is 4.79 Å². The molecule has 0 saturated heterocycles. The summed E-state index contributed by atoms with van der Waals surface area (Å²) >= 11 is 0. The van der Waals surface area contributed by atoms with Crippen LogP contribution in [0.3, 0.4) is 0 Å². The van der Waals surface area contributed by atoms with Crippen molar-refractivity contribution in [2.75, 3.05) is 5.32 Å². The van der Waals surface area contributed by atoms with Crippen molar-refractivity contribution in [3.63, 3.8) is 0 Å². The van der Waals surface area contributed by atoms with Gasteiger partial charge in [-0.05, 0) is 42.5 Å². The van der Waals surface area contributed by atoms with Crippen LogP contribution >= 0.6 is 0 Å². The zero-order valence-electron chi connectivity index (χ0n) is 15.9. The van der Waals surface area contributed by atoms with Crippen molar-refractivity contribution in [3.8, 4) is 17.2 Å². The first kappa shape index (κ1) is 17.1. The van der Waals surface area contributed by atoms with Gasteiger partial charge in [0.2, 0.25) is 5.91 Å². The number of anilines is 1. The summed E-state index contributed by atoms with van der Waals surface area (Å²) in [5, 5.41) is 12.0. The summed E-state index contributed by atoms with van der Waals surface area (Å²) in [5.41, 5.74) is 5.06. The minimum absolute atomic E-state index is 0.101. The molecule has 8 nitrogen and oxygen atoms in total. The Balaban J connectivity index is 1.56. The number of pyridine rings is 1. The number of imidazole rings is 1. The van der Waals surface area contributed by atoms with E-state index < -0.39 is 0 Å². The molecule has 5 aromatic rings. The zero-order valence-corrected chi connectivity index (χ0v) is 15.9. The molecule has 1 N–H and O–H groups in total. The van der Waals surface area contributed by atoms with Gasteiger partial charge in [0.25, 0.3) is 0 Å². The number of benzene rings is 2. The molecule has 8 heteroatoms. The normalized spacial score (nSPS) is 11.2. The lowest BCUT2D eigenvalue weighted by atomic mass is 10.1. The van der Waals surface area contributed by atoms with Gasteiger partial charge in [0.05, 0.1) is 11.0 Å². The van der Waals surface area contributed by atoms with Crippen LogP contribution in [0.5, 0.6) is 0 Å². The molecule has 142 valence electrons. The van der Waals surface area contributed by atoms with Gasteiger partial charge in [-0.1, -0.05) is 11.3 Å². The highest BCUT2D eigenvalue weighted by Gasteiger charge is 2.12. The Morgan fingerprint density at radius 1 is 1.03 bits per heavy atom. The minimum atomic E-state index is -0.101. The number of hydrogen-bond donors (Lipinski definition) is 1. The number of carbonyl (C=O) groups excluding carboxylic acids is 1. The maximum atomic E-state index is 11.3. The topological polar surface area (TPSA) is 90.5 Å². The van der Waals surface area contributed by atoms with Gasteiger partial charge in [-0.25, -0.2) is 14.6 Å². The fourth-order valence-electron chi connectivity index (χ4n) is 3.41. The molecule has 0 saturated carbocycles. The molecule has 0 fully saturated rings. The van der Waals surface area contributed by atoms with Crippen LogP contribution in [0.15, 0.2) is 60.9 Å². The van der Waals surface area contributed by atoms with Gasteiger partial charge in [0.15, 0.2) is 5.82 Å². The molecule has 0 unspecified atom stereocenters. The van der Waals surface area contributed by atoms with Gasteiger partial charge in [0, 0.05) is 43.1 Å². The lowest BCUT2D eigenvalue weighted by molar-refractivity contribution is -0.114. The number of fused-ring (bicyclic) bond motifs is 2. The fourth-order valence-corrected chi connectivity index (χ4v) is 3.41. The number of amides is 1. The number of hydrogen-bond acceptors (Lipinski definition) is 5. The number of nitrogens with one attached hydrogen (secondary N) is 1. The Hall–Kier alpha value is -4.07. The predicted molar refractivity (Wildman–Crippen MR) is 111 cm³/mol. The maximum absolute atomic E-state index is 11.3. The van der Waals surface area contributed by atoms with Gasteiger partial charge in [-0.15, -0.1) is 5.10 Å². The smallest absolute Gasteiger partial charge is 0.221 e. The molecule has 3 aromatic heterocycles. The number of nitrogens with zero attached hydrogens (tertiary/aromatic N) is 6. The molecule has 0 bridgehead atoms. The molecule has 1 amide bonds. The lowest BCUT2D eigenvalue weighted by Gasteiger charge is -2.09. The van der Waals surface area contributed by atoms with Crippen molar-refractivity contribution in [1.82, 2.24) is 29.5 Å². The van der Waals surface area contributed by atoms with E-state index in [1.807, 2.05) is 66.3 Å². The van der Waals surface area contributed by atoms with E-state index in [1.54, 1.807) is 10.9 Å². The van der Waals surface area contributed by atoms with Crippen molar-refractivity contribution >= 4 is 33.5 Å². The van der Waals surface area contributed by atoms with E-state index in [9.17, 15) is 4.79 Å². The molecule has 5 rings (SSSR count). The monoisotopic (exact) mass is 383 g/mol. The van der Waals surface area contributed by atoms with E-state index in [-0.39, 0.29) is 5.91 Å². The molecule has 29 heavy (non-hydrogen) atoms. The van der Waals surface area contributed by atoms with E-state index in [0.29, 0.717) is 0 Å². The van der Waals surface area contributed by atoms with E-state index in [1.165, 1.54) is 6.92 Å². The van der Waals surface area contributed by atoms with Gasteiger partial charge < -0.3 is 5.32 Å². The van der Waals surface area contributed by atoms with Gasteiger partial charge in [-0.3, -0.25) is 9.36 Å². The third kappa shape index (κ3) is 3.00. The summed E-state index contributed by atoms with van der Waals surface area (Å²) in [5.74, 6) is 0.636. The Bertz CT molecular complexity index is 1380. The standard InChI is InChI=1S/C21H17N7O/c1-13(29)23-15-4-7-17-14(11-15)3-6-18(24-17)21-22-9-10-28(21)16-5-8-20-19(12-16)25-26-27(20)2/h3-12H,1-2H3,(H,23,29). The highest BCUT2D eigenvalue weighted by molar-refractivity contribution is 5.92. The van der Waals surface area contributed by atoms with E-state index >= 15 is 0 Å². The van der Waals surface area contributed by atoms with Crippen LogP contribution in [0.25, 0.3) is 39.1 Å². The SMILES string of the molecule is CC(=O)Nc1ccc2nc(-c3nccn3-c3ccc4c(c3)nnn4C)ccc2c1. The number of rotatable bonds is 3. The summed E-state index contributed by atoms with van der Waals surface area (Å²) in [4.78, 5) is 20.5. The maximum Gasteiger partial charge on any atom is 0.221 e. The molecular formula is C21H17N7O. The van der Waals surface area contributed by atoms with Crippen LogP contribution in [-0.4, -0.2) is 35.4 Å². The quantitative estimate of drug-likeness (QED) is 0.516. The number of aryl methyl sites for hydroxylation is 1. The summed E-state index contributed by atoms with van der Waals surface area (Å²) in [6.45, 7) is 1.49. The lowest BCUT2D eigenvalue weighted by Crippen LogP contribution is -2.05. The number of carbonyl (C=O) groups is 1. The molecule has 0 aliphatic carbocycles. The fraction of sp³-hybridized carbons (Fsp3) is 0.0952. The van der Waals surface area contributed by atoms with Crippen LogP contribution < -0.4 is 5.32 Å². The second-order valence-electron chi connectivity index (χ2n) is 6.79.